The van der Waals surface area contributed by atoms with E-state index in [1.165, 1.54) is 0 Å². The summed E-state index contributed by atoms with van der Waals surface area (Å²) < 4.78 is 1.01. The summed E-state index contributed by atoms with van der Waals surface area (Å²) in [4.78, 5) is 11.8. The molecule has 0 heterocycles. The van der Waals surface area contributed by atoms with Gasteiger partial charge in [0.25, 0.3) is 0 Å². The molecule has 0 aromatic heterocycles. The number of carbonyl (C=O) groups is 1. The fourth-order valence-electron chi connectivity index (χ4n) is 1.62. The first-order valence-corrected chi connectivity index (χ1v) is 6.65. The quantitative estimate of drug-likeness (QED) is 0.878. The van der Waals surface area contributed by atoms with Crippen molar-refractivity contribution >= 4 is 21.8 Å². The highest BCUT2D eigenvalue weighted by Gasteiger charge is 2.15. The standard InChI is InChI=1S/C13H19BrN2O/c1-3-5-12(15)13(17)16-9(2)10-6-4-7-11(14)8-10/h4,6-9,12H,3,5,15H2,1-2H3,(H,16,17)/t9-,12-/m0/s1. The van der Waals surface area contributed by atoms with E-state index >= 15 is 0 Å². The molecule has 0 aliphatic heterocycles. The van der Waals surface area contributed by atoms with Crippen molar-refractivity contribution in [3.63, 3.8) is 0 Å². The molecule has 4 heteroatoms. The first kappa shape index (κ1) is 14.2. The predicted octanol–water partition coefficient (Wildman–Crippen LogP) is 2.75. The molecule has 1 amide bonds. The molecule has 0 aliphatic rings. The Hall–Kier alpha value is -0.870. The van der Waals surface area contributed by atoms with E-state index in [0.717, 1.165) is 22.9 Å². The Labute approximate surface area is 111 Å². The number of hydrogen-bond acceptors (Lipinski definition) is 2. The summed E-state index contributed by atoms with van der Waals surface area (Å²) in [5.74, 6) is -0.0840. The number of carbonyl (C=O) groups excluding carboxylic acids is 1. The number of nitrogens with one attached hydrogen (secondary N) is 1. The van der Waals surface area contributed by atoms with Crippen LogP contribution in [0.25, 0.3) is 0 Å². The topological polar surface area (TPSA) is 55.1 Å². The fraction of sp³-hybridized carbons (Fsp3) is 0.462. The van der Waals surface area contributed by atoms with Crippen molar-refractivity contribution in [3.8, 4) is 0 Å². The van der Waals surface area contributed by atoms with Crippen LogP contribution in [0.5, 0.6) is 0 Å². The van der Waals surface area contributed by atoms with Gasteiger partial charge in [0.15, 0.2) is 0 Å². The molecule has 0 unspecified atom stereocenters. The SMILES string of the molecule is CCC[C@H](N)C(=O)N[C@@H](C)c1cccc(Br)c1. The number of benzene rings is 1. The molecular weight excluding hydrogens is 280 g/mol. The fourth-order valence-corrected chi connectivity index (χ4v) is 2.04. The molecule has 0 aliphatic carbocycles. The lowest BCUT2D eigenvalue weighted by molar-refractivity contribution is -0.123. The molecule has 2 atom stereocenters. The number of nitrogens with two attached hydrogens (primary N) is 1. The third-order valence-electron chi connectivity index (χ3n) is 2.64. The zero-order valence-corrected chi connectivity index (χ0v) is 11.8. The van der Waals surface area contributed by atoms with E-state index in [0.29, 0.717) is 0 Å². The summed E-state index contributed by atoms with van der Waals surface area (Å²) in [5, 5.41) is 2.92. The molecule has 94 valence electrons. The van der Waals surface area contributed by atoms with Crippen LogP contribution in [0.3, 0.4) is 0 Å². The van der Waals surface area contributed by atoms with E-state index in [9.17, 15) is 4.79 Å². The van der Waals surface area contributed by atoms with Crippen LogP contribution in [0.1, 0.15) is 38.3 Å². The Kier molecular flexibility index (Phi) is 5.65. The lowest BCUT2D eigenvalue weighted by atomic mass is 10.1. The molecule has 17 heavy (non-hydrogen) atoms. The Morgan fingerprint density at radius 2 is 2.24 bits per heavy atom. The van der Waals surface area contributed by atoms with Crippen molar-refractivity contribution in [2.24, 2.45) is 5.73 Å². The first-order chi connectivity index (χ1) is 8.04. The Morgan fingerprint density at radius 1 is 1.53 bits per heavy atom. The molecule has 0 spiro atoms. The highest BCUT2D eigenvalue weighted by atomic mass is 79.9. The van der Waals surface area contributed by atoms with Crippen LogP contribution < -0.4 is 11.1 Å². The second kappa shape index (κ2) is 6.77. The van der Waals surface area contributed by atoms with E-state index in [2.05, 4.69) is 21.2 Å². The minimum Gasteiger partial charge on any atom is -0.348 e. The van der Waals surface area contributed by atoms with Crippen molar-refractivity contribution in [2.45, 2.75) is 38.8 Å². The summed E-state index contributed by atoms with van der Waals surface area (Å²) in [6.45, 7) is 3.98. The van der Waals surface area contributed by atoms with Crippen LogP contribution in [0.4, 0.5) is 0 Å². The van der Waals surface area contributed by atoms with Crippen LogP contribution >= 0.6 is 15.9 Å². The van der Waals surface area contributed by atoms with E-state index in [4.69, 9.17) is 5.73 Å². The van der Waals surface area contributed by atoms with Crippen molar-refractivity contribution in [2.75, 3.05) is 0 Å². The Balaban J connectivity index is 2.60. The van der Waals surface area contributed by atoms with Crippen LogP contribution in [0.2, 0.25) is 0 Å². The molecule has 0 saturated carbocycles. The Bertz CT molecular complexity index is 381. The molecule has 1 aromatic carbocycles. The predicted molar refractivity (Wildman–Crippen MR) is 73.6 cm³/mol. The minimum absolute atomic E-state index is 0.0251. The van der Waals surface area contributed by atoms with Gasteiger partial charge in [0, 0.05) is 4.47 Å². The van der Waals surface area contributed by atoms with Crippen molar-refractivity contribution < 1.29 is 4.79 Å². The summed E-state index contributed by atoms with van der Waals surface area (Å²) in [6.07, 6.45) is 1.64. The summed E-state index contributed by atoms with van der Waals surface area (Å²) in [5.41, 5.74) is 6.83. The molecule has 0 bridgehead atoms. The van der Waals surface area contributed by atoms with Gasteiger partial charge in [-0.15, -0.1) is 0 Å². The summed E-state index contributed by atoms with van der Waals surface area (Å²) in [7, 11) is 0. The molecule has 3 N–H and O–H groups in total. The second-order valence-electron chi connectivity index (χ2n) is 4.18. The van der Waals surface area contributed by atoms with Gasteiger partial charge < -0.3 is 11.1 Å². The lowest BCUT2D eigenvalue weighted by Gasteiger charge is -2.17. The van der Waals surface area contributed by atoms with Crippen molar-refractivity contribution in [3.05, 3.63) is 34.3 Å². The Morgan fingerprint density at radius 3 is 2.82 bits per heavy atom. The largest absolute Gasteiger partial charge is 0.348 e. The van der Waals surface area contributed by atoms with Gasteiger partial charge in [0.2, 0.25) is 5.91 Å². The average molecular weight is 299 g/mol. The molecule has 0 saturated heterocycles. The van der Waals surface area contributed by atoms with E-state index in [-0.39, 0.29) is 11.9 Å². The van der Waals surface area contributed by atoms with Gasteiger partial charge in [-0.2, -0.15) is 0 Å². The number of amides is 1. The molecule has 3 nitrogen and oxygen atoms in total. The van der Waals surface area contributed by atoms with Gasteiger partial charge in [-0.1, -0.05) is 41.4 Å². The maximum absolute atomic E-state index is 11.8. The summed E-state index contributed by atoms with van der Waals surface area (Å²) in [6, 6.07) is 7.46. The van der Waals surface area contributed by atoms with Gasteiger partial charge in [-0.25, -0.2) is 0 Å². The number of rotatable bonds is 5. The maximum atomic E-state index is 11.8. The first-order valence-electron chi connectivity index (χ1n) is 5.86. The third-order valence-corrected chi connectivity index (χ3v) is 3.14. The van der Waals surface area contributed by atoms with E-state index in [1.54, 1.807) is 0 Å². The van der Waals surface area contributed by atoms with Crippen molar-refractivity contribution in [1.29, 1.82) is 0 Å². The highest BCUT2D eigenvalue weighted by Crippen LogP contribution is 2.17. The minimum atomic E-state index is -0.408. The maximum Gasteiger partial charge on any atom is 0.237 e. The number of hydrogen-bond donors (Lipinski definition) is 2. The molecular formula is C13H19BrN2O. The molecule has 0 radical (unpaired) electrons. The van der Waals surface area contributed by atoms with E-state index in [1.807, 2.05) is 38.1 Å². The number of halogens is 1. The second-order valence-corrected chi connectivity index (χ2v) is 5.10. The van der Waals surface area contributed by atoms with Gasteiger partial charge in [-0.3, -0.25) is 4.79 Å². The van der Waals surface area contributed by atoms with Gasteiger partial charge in [-0.05, 0) is 31.0 Å². The van der Waals surface area contributed by atoms with Crippen LogP contribution in [0.15, 0.2) is 28.7 Å². The normalized spacial score (nSPS) is 14.1. The highest BCUT2D eigenvalue weighted by molar-refractivity contribution is 9.10. The van der Waals surface area contributed by atoms with Gasteiger partial charge in [0.05, 0.1) is 12.1 Å². The van der Waals surface area contributed by atoms with Crippen LogP contribution in [-0.4, -0.2) is 11.9 Å². The van der Waals surface area contributed by atoms with E-state index < -0.39 is 6.04 Å². The zero-order valence-electron chi connectivity index (χ0n) is 10.2. The van der Waals surface area contributed by atoms with Crippen molar-refractivity contribution in [1.82, 2.24) is 5.32 Å². The van der Waals surface area contributed by atoms with Gasteiger partial charge in [0.1, 0.15) is 0 Å². The van der Waals surface area contributed by atoms with Crippen LogP contribution in [0, 0.1) is 0 Å². The zero-order chi connectivity index (χ0) is 12.8. The average Bonchev–Trinajstić information content (AvgIpc) is 2.29. The third kappa shape index (κ3) is 4.48. The van der Waals surface area contributed by atoms with Gasteiger partial charge >= 0.3 is 0 Å². The molecule has 1 aromatic rings. The molecule has 1 rings (SSSR count). The lowest BCUT2D eigenvalue weighted by Crippen LogP contribution is -2.41. The smallest absolute Gasteiger partial charge is 0.237 e. The monoisotopic (exact) mass is 298 g/mol. The molecule has 0 fully saturated rings. The summed E-state index contributed by atoms with van der Waals surface area (Å²) >= 11 is 3.41. The van der Waals surface area contributed by atoms with Crippen LogP contribution in [-0.2, 0) is 4.79 Å².